The maximum absolute atomic E-state index is 12.7. The quantitative estimate of drug-likeness (QED) is 0.888. The predicted octanol–water partition coefficient (Wildman–Crippen LogP) is 1.58. The van der Waals surface area contributed by atoms with Gasteiger partial charge in [0.15, 0.2) is 0 Å². The Hall–Kier alpha value is -2.37. The van der Waals surface area contributed by atoms with E-state index in [-0.39, 0.29) is 17.7 Å². The van der Waals surface area contributed by atoms with E-state index in [1.807, 2.05) is 29.2 Å². The lowest BCUT2D eigenvalue weighted by Crippen LogP contribution is -2.49. The van der Waals surface area contributed by atoms with Gasteiger partial charge in [0, 0.05) is 31.1 Å². The zero-order chi connectivity index (χ0) is 18.7. The zero-order valence-corrected chi connectivity index (χ0v) is 15.3. The molecule has 1 aromatic carbocycles. The maximum atomic E-state index is 12.7. The summed E-state index contributed by atoms with van der Waals surface area (Å²) >= 11 is 0. The topological polar surface area (TPSA) is 83.7 Å². The number of benzene rings is 1. The Morgan fingerprint density at radius 3 is 2.27 bits per heavy atom. The second-order valence-electron chi connectivity index (χ2n) is 7.21. The minimum Gasteiger partial charge on any atom is -0.368 e. The molecule has 2 aliphatic rings. The fourth-order valence-electron chi connectivity index (χ4n) is 3.96. The van der Waals surface area contributed by atoms with Gasteiger partial charge in [0.05, 0.1) is 0 Å². The molecular weight excluding hydrogens is 330 g/mol. The molecule has 6 nitrogen and oxygen atoms in total. The SMILES string of the molecule is CCc1ccc(C(=O)N2CCC(C(=O)N3CCC[C@@H]3C(N)=O)CC2)cc1. The van der Waals surface area contributed by atoms with Crippen LogP contribution < -0.4 is 5.73 Å². The monoisotopic (exact) mass is 357 g/mol. The Labute approximate surface area is 154 Å². The molecule has 1 atom stereocenters. The number of primary amides is 1. The number of rotatable bonds is 4. The molecule has 0 aliphatic carbocycles. The summed E-state index contributed by atoms with van der Waals surface area (Å²) in [7, 11) is 0. The molecule has 26 heavy (non-hydrogen) atoms. The van der Waals surface area contributed by atoms with Crippen LogP contribution >= 0.6 is 0 Å². The first-order valence-electron chi connectivity index (χ1n) is 9.49. The van der Waals surface area contributed by atoms with Gasteiger partial charge in [-0.3, -0.25) is 14.4 Å². The van der Waals surface area contributed by atoms with E-state index in [4.69, 9.17) is 5.73 Å². The number of piperidine rings is 1. The van der Waals surface area contributed by atoms with Gasteiger partial charge in [0.2, 0.25) is 11.8 Å². The number of carbonyl (C=O) groups is 3. The van der Waals surface area contributed by atoms with Crippen LogP contribution in [0.1, 0.15) is 48.5 Å². The van der Waals surface area contributed by atoms with Crippen LogP contribution in [0.2, 0.25) is 0 Å². The van der Waals surface area contributed by atoms with Crippen molar-refractivity contribution in [2.24, 2.45) is 11.7 Å². The standard InChI is InChI=1S/C20H27N3O3/c1-2-14-5-7-15(8-6-14)19(25)22-12-9-16(10-13-22)20(26)23-11-3-4-17(23)18(21)24/h5-8,16-17H,2-4,9-13H2,1H3,(H2,21,24)/t17-/m1/s1. The Morgan fingerprint density at radius 2 is 1.69 bits per heavy atom. The molecule has 3 amide bonds. The summed E-state index contributed by atoms with van der Waals surface area (Å²) in [4.78, 5) is 40.4. The summed E-state index contributed by atoms with van der Waals surface area (Å²) in [5.74, 6) is -0.499. The van der Waals surface area contributed by atoms with Crippen LogP contribution in [0.4, 0.5) is 0 Å². The van der Waals surface area contributed by atoms with Crippen LogP contribution in [0.25, 0.3) is 0 Å². The Bertz CT molecular complexity index is 678. The molecule has 2 heterocycles. The Morgan fingerprint density at radius 1 is 1.04 bits per heavy atom. The minimum atomic E-state index is -0.459. The zero-order valence-electron chi connectivity index (χ0n) is 15.3. The van der Waals surface area contributed by atoms with Crippen molar-refractivity contribution < 1.29 is 14.4 Å². The maximum Gasteiger partial charge on any atom is 0.253 e. The third-order valence-corrected chi connectivity index (χ3v) is 5.60. The van der Waals surface area contributed by atoms with Crippen LogP contribution in [0.5, 0.6) is 0 Å². The molecule has 2 aliphatic heterocycles. The van der Waals surface area contributed by atoms with Crippen molar-refractivity contribution in [2.45, 2.75) is 45.1 Å². The lowest BCUT2D eigenvalue weighted by molar-refractivity contribution is -0.141. The van der Waals surface area contributed by atoms with Crippen molar-refractivity contribution in [2.75, 3.05) is 19.6 Å². The molecule has 0 radical (unpaired) electrons. The number of hydrogen-bond acceptors (Lipinski definition) is 3. The number of aryl methyl sites for hydroxylation is 1. The highest BCUT2D eigenvalue weighted by molar-refractivity contribution is 5.94. The highest BCUT2D eigenvalue weighted by Crippen LogP contribution is 2.26. The van der Waals surface area contributed by atoms with Gasteiger partial charge < -0.3 is 15.5 Å². The van der Waals surface area contributed by atoms with Gasteiger partial charge in [0.25, 0.3) is 5.91 Å². The van der Waals surface area contributed by atoms with E-state index in [0.717, 1.165) is 12.8 Å². The predicted molar refractivity (Wildman–Crippen MR) is 98.4 cm³/mol. The van der Waals surface area contributed by atoms with E-state index >= 15 is 0 Å². The number of amides is 3. The van der Waals surface area contributed by atoms with Gasteiger partial charge in [-0.2, -0.15) is 0 Å². The molecule has 2 N–H and O–H groups in total. The van der Waals surface area contributed by atoms with Crippen molar-refractivity contribution in [3.63, 3.8) is 0 Å². The third-order valence-electron chi connectivity index (χ3n) is 5.60. The first kappa shape index (κ1) is 18.4. The average Bonchev–Trinajstić information content (AvgIpc) is 3.17. The molecule has 0 saturated carbocycles. The second-order valence-corrected chi connectivity index (χ2v) is 7.21. The van der Waals surface area contributed by atoms with Crippen molar-refractivity contribution in [3.8, 4) is 0 Å². The number of nitrogens with two attached hydrogens (primary N) is 1. The first-order chi connectivity index (χ1) is 12.5. The van der Waals surface area contributed by atoms with E-state index in [1.165, 1.54) is 5.56 Å². The average molecular weight is 357 g/mol. The van der Waals surface area contributed by atoms with Crippen LogP contribution in [-0.4, -0.2) is 53.2 Å². The van der Waals surface area contributed by atoms with Gasteiger partial charge in [-0.1, -0.05) is 19.1 Å². The molecule has 1 aromatic rings. The summed E-state index contributed by atoms with van der Waals surface area (Å²) in [5.41, 5.74) is 7.32. The van der Waals surface area contributed by atoms with Crippen molar-refractivity contribution in [1.82, 2.24) is 9.80 Å². The highest BCUT2D eigenvalue weighted by atomic mass is 16.2. The molecule has 2 saturated heterocycles. The number of likely N-dealkylation sites (tertiary alicyclic amines) is 2. The second kappa shape index (κ2) is 7.89. The van der Waals surface area contributed by atoms with Gasteiger partial charge >= 0.3 is 0 Å². The largest absolute Gasteiger partial charge is 0.368 e. The summed E-state index contributed by atoms with van der Waals surface area (Å²) in [5, 5.41) is 0. The molecule has 6 heteroatoms. The van der Waals surface area contributed by atoms with E-state index < -0.39 is 11.9 Å². The number of nitrogens with zero attached hydrogens (tertiary/aromatic N) is 2. The normalized spacial score (nSPS) is 21.0. The first-order valence-corrected chi connectivity index (χ1v) is 9.49. The van der Waals surface area contributed by atoms with Crippen LogP contribution in [0.3, 0.4) is 0 Å². The molecule has 0 aromatic heterocycles. The van der Waals surface area contributed by atoms with Crippen LogP contribution in [-0.2, 0) is 16.0 Å². The molecule has 0 bridgehead atoms. The van der Waals surface area contributed by atoms with Crippen molar-refractivity contribution in [3.05, 3.63) is 35.4 Å². The fraction of sp³-hybridized carbons (Fsp3) is 0.550. The number of hydrogen-bond donors (Lipinski definition) is 1. The minimum absolute atomic E-state index is 0.0192. The molecule has 140 valence electrons. The molecule has 0 unspecified atom stereocenters. The smallest absolute Gasteiger partial charge is 0.253 e. The molecule has 2 fully saturated rings. The number of carbonyl (C=O) groups excluding carboxylic acids is 3. The molecule has 0 spiro atoms. The molecular formula is C20H27N3O3. The van der Waals surface area contributed by atoms with Gasteiger partial charge in [0.1, 0.15) is 6.04 Å². The third kappa shape index (κ3) is 3.74. The van der Waals surface area contributed by atoms with E-state index in [9.17, 15) is 14.4 Å². The summed E-state index contributed by atoms with van der Waals surface area (Å²) in [6.45, 7) is 3.83. The molecule has 3 rings (SSSR count). The highest BCUT2D eigenvalue weighted by Gasteiger charge is 2.37. The Kier molecular flexibility index (Phi) is 5.59. The lowest BCUT2D eigenvalue weighted by atomic mass is 9.94. The van der Waals surface area contributed by atoms with Crippen LogP contribution in [0, 0.1) is 5.92 Å². The lowest BCUT2D eigenvalue weighted by Gasteiger charge is -2.34. The fourth-order valence-corrected chi connectivity index (χ4v) is 3.96. The van der Waals surface area contributed by atoms with E-state index in [1.54, 1.807) is 4.90 Å². The van der Waals surface area contributed by atoms with Gasteiger partial charge in [-0.15, -0.1) is 0 Å². The van der Waals surface area contributed by atoms with Gasteiger partial charge in [-0.25, -0.2) is 0 Å². The van der Waals surface area contributed by atoms with Crippen LogP contribution in [0.15, 0.2) is 24.3 Å². The van der Waals surface area contributed by atoms with Crippen molar-refractivity contribution >= 4 is 17.7 Å². The summed E-state index contributed by atoms with van der Waals surface area (Å²) in [6.07, 6.45) is 3.71. The Balaban J connectivity index is 1.57. The summed E-state index contributed by atoms with van der Waals surface area (Å²) in [6, 6.07) is 7.27. The van der Waals surface area contributed by atoms with E-state index in [2.05, 4.69) is 6.92 Å². The van der Waals surface area contributed by atoms with Crippen molar-refractivity contribution in [1.29, 1.82) is 0 Å². The van der Waals surface area contributed by atoms with Gasteiger partial charge in [-0.05, 0) is 49.8 Å². The summed E-state index contributed by atoms with van der Waals surface area (Å²) < 4.78 is 0. The van der Waals surface area contributed by atoms with E-state index in [0.29, 0.717) is 44.5 Å².